The molecule has 0 radical (unpaired) electrons. The van der Waals surface area contributed by atoms with Crippen LogP contribution in [-0.4, -0.2) is 64.7 Å². The minimum Gasteiger partial charge on any atom is -0.495 e. The van der Waals surface area contributed by atoms with Gasteiger partial charge in [0.25, 0.3) is 15.9 Å². The lowest BCUT2D eigenvalue weighted by Gasteiger charge is -2.35. The van der Waals surface area contributed by atoms with E-state index in [1.54, 1.807) is 36.4 Å². The second-order valence-corrected chi connectivity index (χ2v) is 9.29. The van der Waals surface area contributed by atoms with Gasteiger partial charge in [0.1, 0.15) is 5.75 Å². The number of sulfonamides is 1. The van der Waals surface area contributed by atoms with E-state index in [0.717, 1.165) is 13.1 Å². The number of nitrogens with one attached hydrogen (secondary N) is 2. The molecule has 0 bridgehead atoms. The van der Waals surface area contributed by atoms with Crippen LogP contribution in [0.1, 0.15) is 24.2 Å². The van der Waals surface area contributed by atoms with E-state index < -0.39 is 10.0 Å². The summed E-state index contributed by atoms with van der Waals surface area (Å²) in [6, 6.07) is 12.7. The number of morpholine rings is 1. The third kappa shape index (κ3) is 6.19. The second-order valence-electron chi connectivity index (χ2n) is 7.61. The van der Waals surface area contributed by atoms with Crippen molar-refractivity contribution < 1.29 is 22.7 Å². The quantitative estimate of drug-likeness (QED) is 0.645. The van der Waals surface area contributed by atoms with Gasteiger partial charge in [0.05, 0.1) is 29.9 Å². The highest BCUT2D eigenvalue weighted by molar-refractivity contribution is 7.92. The minimum atomic E-state index is -3.88. The summed E-state index contributed by atoms with van der Waals surface area (Å²) in [6.07, 6.45) is 0.328. The Hall–Kier alpha value is -2.62. The molecule has 1 aliphatic rings. The summed E-state index contributed by atoms with van der Waals surface area (Å²) in [4.78, 5) is 14.8. The second kappa shape index (κ2) is 10.1. The molecule has 31 heavy (non-hydrogen) atoms. The van der Waals surface area contributed by atoms with Crippen molar-refractivity contribution >= 4 is 21.6 Å². The molecule has 1 saturated heterocycles. The molecule has 0 saturated carbocycles. The number of para-hydroxylation sites is 2. The van der Waals surface area contributed by atoms with Gasteiger partial charge in [0.2, 0.25) is 0 Å². The fourth-order valence-electron chi connectivity index (χ4n) is 3.63. The lowest BCUT2D eigenvalue weighted by Crippen LogP contribution is -2.47. The molecule has 0 aliphatic carbocycles. The summed E-state index contributed by atoms with van der Waals surface area (Å²) in [7, 11) is -2.42. The Bertz CT molecular complexity index is 1000. The molecule has 2 aromatic carbocycles. The van der Waals surface area contributed by atoms with Crippen molar-refractivity contribution in [3.8, 4) is 5.75 Å². The smallest absolute Gasteiger partial charge is 0.262 e. The minimum absolute atomic E-state index is 0.00175. The maximum absolute atomic E-state index is 12.8. The van der Waals surface area contributed by atoms with Gasteiger partial charge in [-0.3, -0.25) is 14.4 Å². The zero-order valence-corrected chi connectivity index (χ0v) is 18.8. The zero-order valence-electron chi connectivity index (χ0n) is 18.0. The van der Waals surface area contributed by atoms with E-state index in [-0.39, 0.29) is 28.6 Å². The molecule has 2 N–H and O–H groups in total. The lowest BCUT2D eigenvalue weighted by molar-refractivity contribution is -0.0672. The highest BCUT2D eigenvalue weighted by Gasteiger charge is 2.22. The number of carbonyl (C=O) groups is 1. The zero-order chi connectivity index (χ0) is 22.4. The van der Waals surface area contributed by atoms with Crippen molar-refractivity contribution in [3.63, 3.8) is 0 Å². The number of benzene rings is 2. The lowest BCUT2D eigenvalue weighted by atomic mass is 10.2. The fraction of sp³-hybridized carbons (Fsp3) is 0.409. The molecular formula is C22H29N3O5S. The summed E-state index contributed by atoms with van der Waals surface area (Å²) in [5.74, 6) is 0.0930. The first-order valence-electron chi connectivity index (χ1n) is 10.2. The van der Waals surface area contributed by atoms with E-state index in [1.165, 1.54) is 19.2 Å². The number of methoxy groups -OCH3 is 1. The number of carbonyl (C=O) groups excluding carboxylic acids is 1. The summed E-state index contributed by atoms with van der Waals surface area (Å²) in [6.45, 7) is 6.88. The van der Waals surface area contributed by atoms with Gasteiger partial charge in [-0.2, -0.15) is 0 Å². The van der Waals surface area contributed by atoms with Crippen molar-refractivity contribution in [1.82, 2.24) is 10.2 Å². The van der Waals surface area contributed by atoms with E-state index in [1.807, 2.05) is 13.8 Å². The average molecular weight is 448 g/mol. The number of rotatable bonds is 8. The maximum Gasteiger partial charge on any atom is 0.262 e. The Balaban J connectivity index is 1.63. The predicted molar refractivity (Wildman–Crippen MR) is 119 cm³/mol. The number of hydrogen-bond donors (Lipinski definition) is 2. The van der Waals surface area contributed by atoms with Gasteiger partial charge >= 0.3 is 0 Å². The monoisotopic (exact) mass is 447 g/mol. The van der Waals surface area contributed by atoms with Crippen LogP contribution in [0.15, 0.2) is 53.4 Å². The van der Waals surface area contributed by atoms with E-state index >= 15 is 0 Å². The van der Waals surface area contributed by atoms with Crippen molar-refractivity contribution in [2.45, 2.75) is 31.0 Å². The standard InChI is InChI=1S/C22H29N3O5S/c1-16-14-25(15-17(2)30-16)12-11-23-22(26)18-7-6-8-19(13-18)31(27,28)24-20-9-4-5-10-21(20)29-3/h4-10,13,16-17,24H,11-12,14-15H2,1-3H3,(H,23,26). The Morgan fingerprint density at radius 1 is 1.13 bits per heavy atom. The fourth-order valence-corrected chi connectivity index (χ4v) is 4.75. The van der Waals surface area contributed by atoms with Crippen molar-refractivity contribution in [2.24, 2.45) is 0 Å². The maximum atomic E-state index is 12.8. The average Bonchev–Trinajstić information content (AvgIpc) is 2.73. The number of ether oxygens (including phenoxy) is 2. The first-order chi connectivity index (χ1) is 14.8. The van der Waals surface area contributed by atoms with E-state index in [9.17, 15) is 13.2 Å². The Morgan fingerprint density at radius 3 is 2.55 bits per heavy atom. The summed E-state index contributed by atoms with van der Waals surface area (Å²) in [5.41, 5.74) is 0.612. The van der Waals surface area contributed by atoms with Crippen molar-refractivity contribution in [3.05, 3.63) is 54.1 Å². The molecule has 0 aromatic heterocycles. The SMILES string of the molecule is COc1ccccc1NS(=O)(=O)c1cccc(C(=O)NCCN2CC(C)OC(C)C2)c1. The summed E-state index contributed by atoms with van der Waals surface area (Å²) < 4.78 is 39.0. The Labute approximate surface area is 183 Å². The normalized spacial score (nSPS) is 19.6. The van der Waals surface area contributed by atoms with Crippen LogP contribution in [0.25, 0.3) is 0 Å². The van der Waals surface area contributed by atoms with E-state index in [2.05, 4.69) is 14.9 Å². The van der Waals surface area contributed by atoms with Gasteiger partial charge in [0, 0.05) is 31.7 Å². The molecule has 1 amide bonds. The van der Waals surface area contributed by atoms with Gasteiger partial charge in [0.15, 0.2) is 0 Å². The molecular weight excluding hydrogens is 418 g/mol. The molecule has 3 rings (SSSR count). The molecule has 1 aliphatic heterocycles. The van der Waals surface area contributed by atoms with Gasteiger partial charge in [-0.25, -0.2) is 8.42 Å². The number of amides is 1. The number of hydrogen-bond acceptors (Lipinski definition) is 6. The highest BCUT2D eigenvalue weighted by Crippen LogP contribution is 2.26. The molecule has 2 aromatic rings. The molecule has 0 spiro atoms. The number of nitrogens with zero attached hydrogens (tertiary/aromatic N) is 1. The van der Waals surface area contributed by atoms with Gasteiger partial charge in [-0.1, -0.05) is 18.2 Å². The van der Waals surface area contributed by atoms with Crippen LogP contribution in [0.4, 0.5) is 5.69 Å². The Kier molecular flexibility index (Phi) is 7.53. The molecule has 2 unspecified atom stereocenters. The first kappa shape index (κ1) is 23.1. The third-order valence-corrected chi connectivity index (χ3v) is 6.33. The third-order valence-electron chi connectivity index (χ3n) is 4.97. The topological polar surface area (TPSA) is 97.0 Å². The first-order valence-corrected chi connectivity index (χ1v) is 11.7. The van der Waals surface area contributed by atoms with Crippen LogP contribution in [0.3, 0.4) is 0 Å². The Morgan fingerprint density at radius 2 is 1.84 bits per heavy atom. The molecule has 9 heteroatoms. The predicted octanol–water partition coefficient (Wildman–Crippen LogP) is 2.33. The van der Waals surface area contributed by atoms with Crippen LogP contribution in [-0.2, 0) is 14.8 Å². The van der Waals surface area contributed by atoms with Crippen LogP contribution in [0.2, 0.25) is 0 Å². The van der Waals surface area contributed by atoms with Crippen LogP contribution < -0.4 is 14.8 Å². The largest absolute Gasteiger partial charge is 0.495 e. The van der Waals surface area contributed by atoms with Crippen LogP contribution in [0.5, 0.6) is 5.75 Å². The molecule has 168 valence electrons. The summed E-state index contributed by atoms with van der Waals surface area (Å²) in [5, 5.41) is 2.87. The van der Waals surface area contributed by atoms with E-state index in [0.29, 0.717) is 24.5 Å². The summed E-state index contributed by atoms with van der Waals surface area (Å²) >= 11 is 0. The van der Waals surface area contributed by atoms with Crippen LogP contribution in [0, 0.1) is 0 Å². The molecule has 1 fully saturated rings. The van der Waals surface area contributed by atoms with Gasteiger partial charge in [-0.15, -0.1) is 0 Å². The molecule has 8 nitrogen and oxygen atoms in total. The molecule has 1 heterocycles. The van der Waals surface area contributed by atoms with Gasteiger partial charge in [-0.05, 0) is 44.2 Å². The van der Waals surface area contributed by atoms with Crippen molar-refractivity contribution in [2.75, 3.05) is 38.0 Å². The molecule has 2 atom stereocenters. The highest BCUT2D eigenvalue weighted by atomic mass is 32.2. The van der Waals surface area contributed by atoms with E-state index in [4.69, 9.17) is 9.47 Å². The van der Waals surface area contributed by atoms with Crippen LogP contribution >= 0.6 is 0 Å². The van der Waals surface area contributed by atoms with Crippen molar-refractivity contribution in [1.29, 1.82) is 0 Å². The van der Waals surface area contributed by atoms with Gasteiger partial charge < -0.3 is 14.8 Å². The number of anilines is 1.